The second kappa shape index (κ2) is 7.14. The number of fused-ring (bicyclic) bond motifs is 1. The zero-order valence-electron chi connectivity index (χ0n) is 13.1. The summed E-state index contributed by atoms with van der Waals surface area (Å²) in [4.78, 5) is 28.1. The molecule has 0 bridgehead atoms. The van der Waals surface area contributed by atoms with Crippen molar-refractivity contribution in [1.82, 2.24) is 0 Å². The third-order valence-corrected chi connectivity index (χ3v) is 6.98. The van der Waals surface area contributed by atoms with Crippen molar-refractivity contribution in [2.45, 2.75) is 11.3 Å². The van der Waals surface area contributed by atoms with E-state index in [1.54, 1.807) is 4.90 Å². The maximum Gasteiger partial charge on any atom is 0.329 e. The van der Waals surface area contributed by atoms with Crippen LogP contribution >= 0.6 is 11.8 Å². The van der Waals surface area contributed by atoms with E-state index in [0.717, 1.165) is 5.69 Å². The molecule has 2 aliphatic heterocycles. The first-order valence-electron chi connectivity index (χ1n) is 7.48. The Labute approximate surface area is 148 Å². The highest BCUT2D eigenvalue weighted by molar-refractivity contribution is 8.16. The average Bonchev–Trinajstić information content (AvgIpc) is 2.98. The molecule has 0 saturated carbocycles. The van der Waals surface area contributed by atoms with Crippen molar-refractivity contribution in [2.24, 2.45) is 4.99 Å². The van der Waals surface area contributed by atoms with Gasteiger partial charge in [0.1, 0.15) is 13.2 Å². The molecule has 2 unspecified atom stereocenters. The molecule has 0 radical (unpaired) electrons. The molecule has 25 heavy (non-hydrogen) atoms. The van der Waals surface area contributed by atoms with Gasteiger partial charge in [-0.3, -0.25) is 4.79 Å². The number of aliphatic imine (C=N–C) groups is 1. The maximum absolute atomic E-state index is 11.9. The lowest BCUT2D eigenvalue weighted by Crippen LogP contribution is -2.37. The molecule has 0 spiro atoms. The molecule has 0 aromatic heterocycles. The van der Waals surface area contributed by atoms with Crippen LogP contribution in [0.1, 0.15) is 0 Å². The number of sulfone groups is 1. The Balaban J connectivity index is 1.82. The number of amidine groups is 1. The van der Waals surface area contributed by atoms with Gasteiger partial charge in [-0.15, -0.1) is 0 Å². The molecule has 2 atom stereocenters. The molecule has 1 aromatic rings. The Kier molecular flexibility index (Phi) is 5.11. The van der Waals surface area contributed by atoms with Crippen molar-refractivity contribution in [1.29, 1.82) is 0 Å². The van der Waals surface area contributed by atoms with Gasteiger partial charge in [-0.25, -0.2) is 13.2 Å². The van der Waals surface area contributed by atoms with Gasteiger partial charge in [-0.1, -0.05) is 30.0 Å². The summed E-state index contributed by atoms with van der Waals surface area (Å²) in [6, 6.07) is 8.88. The smallest absolute Gasteiger partial charge is 0.329 e. The van der Waals surface area contributed by atoms with E-state index in [1.807, 2.05) is 30.3 Å². The van der Waals surface area contributed by atoms with E-state index < -0.39 is 34.9 Å². The molecule has 2 aliphatic rings. The van der Waals surface area contributed by atoms with Gasteiger partial charge in [0, 0.05) is 10.9 Å². The van der Waals surface area contributed by atoms with E-state index in [0.29, 0.717) is 5.17 Å². The molecule has 1 amide bonds. The number of benzene rings is 1. The van der Waals surface area contributed by atoms with E-state index in [9.17, 15) is 18.0 Å². The van der Waals surface area contributed by atoms with E-state index in [4.69, 9.17) is 9.84 Å². The number of amides is 1. The predicted molar refractivity (Wildman–Crippen MR) is 93.6 cm³/mol. The summed E-state index contributed by atoms with van der Waals surface area (Å²) in [6.07, 6.45) is 0. The van der Waals surface area contributed by atoms with Gasteiger partial charge in [-0.05, 0) is 12.1 Å². The predicted octanol–water partition coefficient (Wildman–Crippen LogP) is 0.389. The highest BCUT2D eigenvalue weighted by atomic mass is 32.2. The summed E-state index contributed by atoms with van der Waals surface area (Å²) in [7, 11) is -3.11. The standard InChI is InChI=1S/C15H16N2O6S2/c18-13(6-23-7-14(19)20)16-15-17(10-4-2-1-3-5-10)11-8-25(21,22)9-12(11)24-15/h1-5,11-12H,6-9H2,(H,19,20). The number of ether oxygens (including phenoxy) is 1. The van der Waals surface area contributed by atoms with Crippen LogP contribution in [-0.2, 0) is 24.2 Å². The molecular weight excluding hydrogens is 368 g/mol. The van der Waals surface area contributed by atoms with Gasteiger partial charge in [0.25, 0.3) is 5.91 Å². The number of hydrogen-bond donors (Lipinski definition) is 1. The second-order valence-corrected chi connectivity index (χ2v) is 9.04. The minimum absolute atomic E-state index is 0.0162. The van der Waals surface area contributed by atoms with Gasteiger partial charge in [0.05, 0.1) is 17.5 Å². The maximum atomic E-state index is 11.9. The van der Waals surface area contributed by atoms with Crippen LogP contribution in [0, 0.1) is 0 Å². The Bertz CT molecular complexity index is 809. The van der Waals surface area contributed by atoms with Gasteiger partial charge in [0.2, 0.25) is 0 Å². The van der Waals surface area contributed by atoms with Gasteiger partial charge < -0.3 is 14.7 Å². The summed E-state index contributed by atoms with van der Waals surface area (Å²) in [6.45, 7) is -1.01. The minimum Gasteiger partial charge on any atom is -0.480 e. The Morgan fingerprint density at radius 2 is 1.96 bits per heavy atom. The lowest BCUT2D eigenvalue weighted by Gasteiger charge is -2.24. The van der Waals surface area contributed by atoms with Crippen molar-refractivity contribution in [3.8, 4) is 0 Å². The molecule has 3 rings (SSSR count). The topological polar surface area (TPSA) is 113 Å². The molecule has 0 aliphatic carbocycles. The van der Waals surface area contributed by atoms with E-state index >= 15 is 0 Å². The number of carbonyl (C=O) groups is 2. The van der Waals surface area contributed by atoms with Crippen molar-refractivity contribution in [2.75, 3.05) is 29.6 Å². The van der Waals surface area contributed by atoms with Crippen LogP contribution in [-0.4, -0.2) is 66.6 Å². The number of rotatable bonds is 5. The third kappa shape index (κ3) is 4.20. The Morgan fingerprint density at radius 3 is 2.64 bits per heavy atom. The lowest BCUT2D eigenvalue weighted by molar-refractivity contribution is -0.143. The fourth-order valence-corrected chi connectivity index (χ4v) is 6.75. The fraction of sp³-hybridized carbons (Fsp3) is 0.400. The molecule has 1 N–H and O–H groups in total. The fourth-order valence-electron chi connectivity index (χ4n) is 2.82. The number of nitrogens with zero attached hydrogens (tertiary/aromatic N) is 2. The minimum atomic E-state index is -3.11. The SMILES string of the molecule is O=C(O)COCC(=O)N=C1SC2CS(=O)(=O)CC2N1c1ccccc1. The normalized spacial score (nSPS) is 25.9. The van der Waals surface area contributed by atoms with Crippen LogP contribution in [0.25, 0.3) is 0 Å². The summed E-state index contributed by atoms with van der Waals surface area (Å²) in [5, 5.41) is 8.75. The number of aliphatic carboxylic acids is 1. The number of hydrogen-bond acceptors (Lipinski definition) is 6. The van der Waals surface area contributed by atoms with Crippen molar-refractivity contribution in [3.05, 3.63) is 30.3 Å². The number of anilines is 1. The molecule has 2 saturated heterocycles. The first-order chi connectivity index (χ1) is 11.9. The molecule has 1 aromatic carbocycles. The van der Waals surface area contributed by atoms with E-state index in [1.165, 1.54) is 11.8 Å². The van der Waals surface area contributed by atoms with Gasteiger partial charge >= 0.3 is 5.97 Å². The highest BCUT2D eigenvalue weighted by Gasteiger charge is 2.49. The second-order valence-electron chi connectivity index (χ2n) is 5.68. The van der Waals surface area contributed by atoms with Crippen LogP contribution in [0.4, 0.5) is 5.69 Å². The van der Waals surface area contributed by atoms with Gasteiger partial charge in [-0.2, -0.15) is 4.99 Å². The number of thioether (sulfide) groups is 1. The molecule has 134 valence electrons. The molecule has 10 heteroatoms. The van der Waals surface area contributed by atoms with E-state index in [2.05, 4.69) is 4.99 Å². The van der Waals surface area contributed by atoms with Crippen molar-refractivity contribution >= 4 is 44.3 Å². The van der Waals surface area contributed by atoms with Crippen LogP contribution in [0.2, 0.25) is 0 Å². The number of carboxylic acid groups (broad SMARTS) is 1. The van der Waals surface area contributed by atoms with Crippen LogP contribution in [0.15, 0.2) is 35.3 Å². The van der Waals surface area contributed by atoms with Crippen LogP contribution in [0.3, 0.4) is 0 Å². The number of carboxylic acids is 1. The summed E-state index contributed by atoms with van der Waals surface area (Å²) >= 11 is 1.26. The first-order valence-corrected chi connectivity index (χ1v) is 10.2. The lowest BCUT2D eigenvalue weighted by atomic mass is 10.2. The molecule has 2 fully saturated rings. The highest BCUT2D eigenvalue weighted by Crippen LogP contribution is 2.40. The monoisotopic (exact) mass is 384 g/mol. The summed E-state index contributed by atoms with van der Waals surface area (Å²) in [5.41, 5.74) is 0.762. The zero-order chi connectivity index (χ0) is 18.0. The quantitative estimate of drug-likeness (QED) is 0.776. The van der Waals surface area contributed by atoms with E-state index in [-0.39, 0.29) is 22.8 Å². The van der Waals surface area contributed by atoms with Crippen molar-refractivity contribution in [3.63, 3.8) is 0 Å². The molecule has 8 nitrogen and oxygen atoms in total. The number of carbonyl (C=O) groups excluding carboxylic acids is 1. The summed E-state index contributed by atoms with van der Waals surface area (Å²) < 4.78 is 28.6. The van der Waals surface area contributed by atoms with Crippen LogP contribution in [0.5, 0.6) is 0 Å². The zero-order valence-corrected chi connectivity index (χ0v) is 14.7. The Morgan fingerprint density at radius 1 is 1.24 bits per heavy atom. The Hall–Kier alpha value is -1.91. The average molecular weight is 384 g/mol. The molecule has 2 heterocycles. The van der Waals surface area contributed by atoms with Crippen molar-refractivity contribution < 1.29 is 27.9 Å². The first kappa shape index (κ1) is 17.9. The van der Waals surface area contributed by atoms with Gasteiger partial charge in [0.15, 0.2) is 15.0 Å². The summed E-state index contributed by atoms with van der Waals surface area (Å²) in [5.74, 6) is -1.70. The third-order valence-electron chi connectivity index (χ3n) is 3.77. The largest absolute Gasteiger partial charge is 0.480 e. The number of para-hydroxylation sites is 1. The molecular formula is C15H16N2O6S2. The van der Waals surface area contributed by atoms with Crippen LogP contribution < -0.4 is 4.90 Å².